The van der Waals surface area contributed by atoms with Crippen LogP contribution in [-0.2, 0) is 5.41 Å². The number of nitrogens with zero attached hydrogens (tertiary/aromatic N) is 4. The van der Waals surface area contributed by atoms with E-state index in [-0.39, 0.29) is 5.41 Å². The third-order valence-electron chi connectivity index (χ3n) is 2.73. The quantitative estimate of drug-likeness (QED) is 0.876. The van der Waals surface area contributed by atoms with Crippen LogP contribution in [0, 0.1) is 13.8 Å². The van der Waals surface area contributed by atoms with Crippen LogP contribution >= 0.6 is 15.9 Å². The molecule has 2 aromatic heterocycles. The Morgan fingerprint density at radius 3 is 2.11 bits per heavy atom. The first-order valence-corrected chi connectivity index (χ1v) is 6.86. The zero-order valence-corrected chi connectivity index (χ0v) is 13.4. The lowest BCUT2D eigenvalue weighted by Gasteiger charge is -2.15. The average molecular weight is 324 g/mol. The Morgan fingerprint density at radius 2 is 1.68 bits per heavy atom. The van der Waals surface area contributed by atoms with Gasteiger partial charge in [0.2, 0.25) is 0 Å². The van der Waals surface area contributed by atoms with Crippen LogP contribution < -0.4 is 5.73 Å². The molecule has 0 fully saturated rings. The highest BCUT2D eigenvalue weighted by atomic mass is 79.9. The second-order valence-electron chi connectivity index (χ2n) is 5.66. The second kappa shape index (κ2) is 4.59. The molecule has 0 bridgehead atoms. The van der Waals surface area contributed by atoms with Crippen LogP contribution in [-0.4, -0.2) is 19.7 Å². The standard InChI is InChI=1S/C13H18BrN5/c1-7-6-8(2)17-12(16-7)19-11(15)9(14)10(18-19)13(3,4)5/h6H,15H2,1-5H3. The number of rotatable bonds is 1. The molecule has 0 aromatic carbocycles. The summed E-state index contributed by atoms with van der Waals surface area (Å²) in [5, 5.41) is 4.55. The van der Waals surface area contributed by atoms with E-state index in [1.165, 1.54) is 0 Å². The van der Waals surface area contributed by atoms with Crippen LogP contribution in [0.15, 0.2) is 10.5 Å². The summed E-state index contributed by atoms with van der Waals surface area (Å²) in [6.45, 7) is 10.1. The molecule has 0 amide bonds. The van der Waals surface area contributed by atoms with Crippen LogP contribution in [0.2, 0.25) is 0 Å². The molecule has 0 unspecified atom stereocenters. The first-order chi connectivity index (χ1) is 8.70. The maximum atomic E-state index is 6.11. The molecule has 2 heterocycles. The van der Waals surface area contributed by atoms with Crippen molar-refractivity contribution in [1.82, 2.24) is 19.7 Å². The molecule has 0 radical (unpaired) electrons. The molecule has 0 saturated carbocycles. The summed E-state index contributed by atoms with van der Waals surface area (Å²) in [6, 6.07) is 1.92. The number of hydrogen-bond acceptors (Lipinski definition) is 4. The van der Waals surface area contributed by atoms with Crippen LogP contribution in [0.5, 0.6) is 0 Å². The lowest BCUT2D eigenvalue weighted by molar-refractivity contribution is 0.556. The molecule has 0 aliphatic carbocycles. The maximum absolute atomic E-state index is 6.11. The zero-order valence-electron chi connectivity index (χ0n) is 11.8. The predicted molar refractivity (Wildman–Crippen MR) is 79.4 cm³/mol. The molecule has 0 aliphatic rings. The Bertz CT molecular complexity index is 604. The van der Waals surface area contributed by atoms with Gasteiger partial charge in [0.1, 0.15) is 5.82 Å². The Hall–Kier alpha value is -1.43. The van der Waals surface area contributed by atoms with Crippen molar-refractivity contribution in [2.24, 2.45) is 0 Å². The first-order valence-electron chi connectivity index (χ1n) is 6.07. The Balaban J connectivity index is 2.64. The number of halogens is 1. The van der Waals surface area contributed by atoms with Gasteiger partial charge >= 0.3 is 0 Å². The molecule has 102 valence electrons. The van der Waals surface area contributed by atoms with Crippen molar-refractivity contribution in [3.63, 3.8) is 0 Å². The van der Waals surface area contributed by atoms with Gasteiger partial charge in [0, 0.05) is 16.8 Å². The summed E-state index contributed by atoms with van der Waals surface area (Å²) < 4.78 is 2.40. The number of aromatic nitrogens is 4. The van der Waals surface area contributed by atoms with Gasteiger partial charge in [-0.3, -0.25) is 0 Å². The lowest BCUT2D eigenvalue weighted by atomic mass is 9.92. The van der Waals surface area contributed by atoms with E-state index in [1.807, 2.05) is 19.9 Å². The number of anilines is 1. The van der Waals surface area contributed by atoms with E-state index in [0.29, 0.717) is 11.8 Å². The van der Waals surface area contributed by atoms with Crippen molar-refractivity contribution in [2.75, 3.05) is 5.73 Å². The minimum absolute atomic E-state index is 0.100. The third kappa shape index (κ3) is 2.63. The second-order valence-corrected chi connectivity index (χ2v) is 6.45. The summed E-state index contributed by atoms with van der Waals surface area (Å²) in [5.41, 5.74) is 8.69. The maximum Gasteiger partial charge on any atom is 0.252 e. The Labute approximate surface area is 121 Å². The van der Waals surface area contributed by atoms with Crippen molar-refractivity contribution in [3.05, 3.63) is 27.6 Å². The smallest absolute Gasteiger partial charge is 0.252 e. The minimum Gasteiger partial charge on any atom is -0.383 e. The fourth-order valence-electron chi connectivity index (χ4n) is 1.85. The van der Waals surface area contributed by atoms with Crippen molar-refractivity contribution >= 4 is 21.7 Å². The molecular weight excluding hydrogens is 306 g/mol. The first kappa shape index (κ1) is 14.0. The van der Waals surface area contributed by atoms with Crippen molar-refractivity contribution in [1.29, 1.82) is 0 Å². The average Bonchev–Trinajstić information content (AvgIpc) is 2.54. The largest absolute Gasteiger partial charge is 0.383 e. The molecule has 0 spiro atoms. The van der Waals surface area contributed by atoms with E-state index in [0.717, 1.165) is 21.6 Å². The third-order valence-corrected chi connectivity index (χ3v) is 3.51. The summed E-state index contributed by atoms with van der Waals surface area (Å²) in [7, 11) is 0. The van der Waals surface area contributed by atoms with Gasteiger partial charge in [0.05, 0.1) is 10.2 Å². The fraction of sp³-hybridized carbons (Fsp3) is 0.462. The van der Waals surface area contributed by atoms with Gasteiger partial charge in [-0.1, -0.05) is 20.8 Å². The topological polar surface area (TPSA) is 69.6 Å². The lowest BCUT2D eigenvalue weighted by Crippen LogP contribution is -2.14. The van der Waals surface area contributed by atoms with Gasteiger partial charge in [0.25, 0.3) is 5.95 Å². The summed E-state index contributed by atoms with van der Waals surface area (Å²) >= 11 is 3.51. The van der Waals surface area contributed by atoms with Crippen LogP contribution in [0.25, 0.3) is 5.95 Å². The molecule has 6 heteroatoms. The van der Waals surface area contributed by atoms with Gasteiger partial charge in [-0.2, -0.15) is 9.78 Å². The van der Waals surface area contributed by atoms with Gasteiger partial charge in [-0.25, -0.2) is 9.97 Å². The highest BCUT2D eigenvalue weighted by Crippen LogP contribution is 2.33. The van der Waals surface area contributed by atoms with E-state index in [4.69, 9.17) is 5.73 Å². The Morgan fingerprint density at radius 1 is 1.16 bits per heavy atom. The van der Waals surface area contributed by atoms with E-state index >= 15 is 0 Å². The van der Waals surface area contributed by atoms with Crippen molar-refractivity contribution < 1.29 is 0 Å². The van der Waals surface area contributed by atoms with Gasteiger partial charge in [-0.15, -0.1) is 0 Å². The molecule has 0 saturated heterocycles. The molecule has 2 rings (SSSR count). The highest BCUT2D eigenvalue weighted by molar-refractivity contribution is 9.10. The summed E-state index contributed by atoms with van der Waals surface area (Å²) in [4.78, 5) is 8.78. The van der Waals surface area contributed by atoms with Gasteiger partial charge < -0.3 is 5.73 Å². The highest BCUT2D eigenvalue weighted by Gasteiger charge is 2.25. The van der Waals surface area contributed by atoms with Crippen LogP contribution in [0.3, 0.4) is 0 Å². The van der Waals surface area contributed by atoms with Gasteiger partial charge in [-0.05, 0) is 35.8 Å². The monoisotopic (exact) mass is 323 g/mol. The minimum atomic E-state index is -0.100. The SMILES string of the molecule is Cc1cc(C)nc(-n2nc(C(C)(C)C)c(Br)c2N)n1. The van der Waals surface area contributed by atoms with Crippen molar-refractivity contribution in [3.8, 4) is 5.95 Å². The van der Waals surface area contributed by atoms with Gasteiger partial charge in [0.15, 0.2) is 0 Å². The molecule has 2 N–H and O–H groups in total. The van der Waals surface area contributed by atoms with Crippen molar-refractivity contribution in [2.45, 2.75) is 40.0 Å². The molecular formula is C13H18BrN5. The van der Waals surface area contributed by atoms with E-state index < -0.39 is 0 Å². The Kier molecular flexibility index (Phi) is 3.38. The van der Waals surface area contributed by atoms with E-state index in [2.05, 4.69) is 51.8 Å². The summed E-state index contributed by atoms with van der Waals surface area (Å²) in [6.07, 6.45) is 0. The molecule has 0 aliphatic heterocycles. The molecule has 0 atom stereocenters. The molecule has 19 heavy (non-hydrogen) atoms. The number of nitrogens with two attached hydrogens (primary N) is 1. The summed E-state index contributed by atoms with van der Waals surface area (Å²) in [5.74, 6) is 1.03. The number of hydrogen-bond donors (Lipinski definition) is 1. The predicted octanol–water partition coefficient (Wildman–Crippen LogP) is 2.92. The van der Waals surface area contributed by atoms with Crippen LogP contribution in [0.4, 0.5) is 5.82 Å². The van der Waals surface area contributed by atoms with E-state index in [1.54, 1.807) is 4.68 Å². The molecule has 5 nitrogen and oxygen atoms in total. The number of aryl methyl sites for hydroxylation is 2. The van der Waals surface area contributed by atoms with E-state index in [9.17, 15) is 0 Å². The zero-order chi connectivity index (χ0) is 14.4. The normalized spacial score (nSPS) is 11.9. The number of nitrogen functional groups attached to an aromatic ring is 1. The fourth-order valence-corrected chi connectivity index (χ4v) is 2.69. The molecule has 2 aromatic rings. The van der Waals surface area contributed by atoms with Crippen LogP contribution in [0.1, 0.15) is 37.9 Å².